The van der Waals surface area contributed by atoms with Crippen LogP contribution in [0.5, 0.6) is 0 Å². The third-order valence-electron chi connectivity index (χ3n) is 2.00. The number of aliphatic hydroxyl groups is 1. The number of esters is 1. The zero-order chi connectivity index (χ0) is 13.8. The summed E-state index contributed by atoms with van der Waals surface area (Å²) >= 11 is 3.23. The predicted octanol–water partition coefficient (Wildman–Crippen LogP) is 1.09. The van der Waals surface area contributed by atoms with E-state index in [0.717, 1.165) is 0 Å². The van der Waals surface area contributed by atoms with Gasteiger partial charge in [0.1, 0.15) is 5.82 Å². The molecule has 3 N–H and O–H groups in total. The van der Waals surface area contributed by atoms with Crippen molar-refractivity contribution in [3.8, 4) is 11.8 Å². The maximum absolute atomic E-state index is 11.4. The van der Waals surface area contributed by atoms with Gasteiger partial charge >= 0.3 is 5.97 Å². The van der Waals surface area contributed by atoms with Crippen LogP contribution in [0.15, 0.2) is 16.7 Å². The summed E-state index contributed by atoms with van der Waals surface area (Å²) in [6.45, 7) is 3.09. The van der Waals surface area contributed by atoms with Gasteiger partial charge in [0.15, 0.2) is 0 Å². The van der Waals surface area contributed by atoms with Crippen molar-refractivity contribution in [1.82, 2.24) is 4.98 Å². The number of aromatic nitrogens is 1. The second kappa shape index (κ2) is 5.85. The number of carbonyl (C=O) groups excluding carboxylic acids is 1. The minimum Gasteiger partial charge on any atom is -0.463 e. The molecule has 5 nitrogen and oxygen atoms in total. The Balaban J connectivity index is 3.00. The molecule has 0 spiro atoms. The Morgan fingerprint density at radius 3 is 3.00 bits per heavy atom. The standard InChI is InChI=1S/C12H13BrN2O3/c1-3-18-11(16)12(2,17)5-4-8-6-9(13)7-15-10(8)14/h6-7,17H,3H2,1-2H3,(H2,14,15). The Morgan fingerprint density at radius 1 is 1.72 bits per heavy atom. The first-order chi connectivity index (χ1) is 8.36. The molecule has 1 rings (SSSR count). The van der Waals surface area contributed by atoms with E-state index in [-0.39, 0.29) is 12.4 Å². The summed E-state index contributed by atoms with van der Waals surface area (Å²) < 4.78 is 5.41. The summed E-state index contributed by atoms with van der Waals surface area (Å²) in [7, 11) is 0. The van der Waals surface area contributed by atoms with Gasteiger partial charge in [0, 0.05) is 10.7 Å². The molecule has 18 heavy (non-hydrogen) atoms. The Morgan fingerprint density at radius 2 is 2.39 bits per heavy atom. The number of halogens is 1. The topological polar surface area (TPSA) is 85.4 Å². The highest BCUT2D eigenvalue weighted by atomic mass is 79.9. The molecule has 0 amide bonds. The summed E-state index contributed by atoms with van der Waals surface area (Å²) in [5.74, 6) is 4.47. The van der Waals surface area contributed by atoms with Crippen molar-refractivity contribution in [3.63, 3.8) is 0 Å². The molecule has 0 saturated carbocycles. The fourth-order valence-electron chi connectivity index (χ4n) is 1.06. The Hall–Kier alpha value is -1.58. The fourth-order valence-corrected chi connectivity index (χ4v) is 1.39. The van der Waals surface area contributed by atoms with Crippen molar-refractivity contribution in [2.45, 2.75) is 19.4 Å². The molecular weight excluding hydrogens is 300 g/mol. The van der Waals surface area contributed by atoms with Crippen molar-refractivity contribution in [1.29, 1.82) is 0 Å². The van der Waals surface area contributed by atoms with Crippen LogP contribution < -0.4 is 5.73 Å². The number of nitrogens with two attached hydrogens (primary N) is 1. The fraction of sp³-hybridized carbons (Fsp3) is 0.333. The molecule has 0 fully saturated rings. The molecule has 0 radical (unpaired) electrons. The molecule has 1 unspecified atom stereocenters. The highest BCUT2D eigenvalue weighted by molar-refractivity contribution is 9.10. The summed E-state index contributed by atoms with van der Waals surface area (Å²) in [6.07, 6.45) is 1.53. The van der Waals surface area contributed by atoms with Crippen LogP contribution in [0, 0.1) is 11.8 Å². The normalized spacial score (nSPS) is 13.1. The molecule has 0 bridgehead atoms. The minimum atomic E-state index is -1.87. The van der Waals surface area contributed by atoms with Gasteiger partial charge in [0.2, 0.25) is 5.60 Å². The molecule has 1 aromatic heterocycles. The van der Waals surface area contributed by atoms with E-state index >= 15 is 0 Å². The highest BCUT2D eigenvalue weighted by Crippen LogP contribution is 2.15. The van der Waals surface area contributed by atoms with Crippen LogP contribution >= 0.6 is 15.9 Å². The molecule has 0 aliphatic carbocycles. The molecule has 0 aliphatic rings. The summed E-state index contributed by atoms with van der Waals surface area (Å²) in [4.78, 5) is 15.3. The minimum absolute atomic E-state index is 0.178. The second-order valence-corrected chi connectivity index (χ2v) is 4.54. The van der Waals surface area contributed by atoms with Crippen LogP contribution in [-0.2, 0) is 9.53 Å². The molecule has 1 aromatic rings. The third kappa shape index (κ3) is 3.72. The number of ether oxygens (including phenoxy) is 1. The maximum Gasteiger partial charge on any atom is 0.350 e. The van der Waals surface area contributed by atoms with Gasteiger partial charge in [-0.2, -0.15) is 0 Å². The van der Waals surface area contributed by atoms with Crippen molar-refractivity contribution in [2.75, 3.05) is 12.3 Å². The van der Waals surface area contributed by atoms with Gasteiger partial charge in [-0.1, -0.05) is 11.8 Å². The van der Waals surface area contributed by atoms with Crippen LogP contribution in [0.4, 0.5) is 5.82 Å². The molecule has 0 aromatic carbocycles. The lowest BCUT2D eigenvalue weighted by Crippen LogP contribution is -2.35. The predicted molar refractivity (Wildman–Crippen MR) is 70.5 cm³/mol. The zero-order valence-corrected chi connectivity index (χ0v) is 11.6. The van der Waals surface area contributed by atoms with E-state index in [1.807, 2.05) is 0 Å². The molecule has 0 saturated heterocycles. The number of carbonyl (C=O) groups is 1. The summed E-state index contributed by atoms with van der Waals surface area (Å²) in [5, 5.41) is 9.81. The number of hydrogen-bond donors (Lipinski definition) is 2. The molecular formula is C12H13BrN2O3. The Kier molecular flexibility index (Phi) is 4.70. The number of rotatable bonds is 2. The van der Waals surface area contributed by atoms with E-state index in [4.69, 9.17) is 10.5 Å². The third-order valence-corrected chi connectivity index (χ3v) is 2.43. The van der Waals surface area contributed by atoms with Gasteiger partial charge in [0.25, 0.3) is 0 Å². The van der Waals surface area contributed by atoms with E-state index in [0.29, 0.717) is 10.0 Å². The van der Waals surface area contributed by atoms with Crippen LogP contribution in [0.25, 0.3) is 0 Å². The Bertz CT molecular complexity index is 518. The van der Waals surface area contributed by atoms with E-state index in [1.54, 1.807) is 13.0 Å². The van der Waals surface area contributed by atoms with E-state index < -0.39 is 11.6 Å². The Labute approximate surface area is 113 Å². The molecule has 6 heteroatoms. The summed E-state index contributed by atoms with van der Waals surface area (Å²) in [6, 6.07) is 1.65. The van der Waals surface area contributed by atoms with Gasteiger partial charge in [-0.15, -0.1) is 0 Å². The van der Waals surface area contributed by atoms with Crippen LogP contribution in [0.3, 0.4) is 0 Å². The van der Waals surface area contributed by atoms with Crippen molar-refractivity contribution in [2.24, 2.45) is 0 Å². The smallest absolute Gasteiger partial charge is 0.350 e. The first-order valence-electron chi connectivity index (χ1n) is 5.20. The van der Waals surface area contributed by atoms with E-state index in [1.165, 1.54) is 13.1 Å². The quantitative estimate of drug-likeness (QED) is 0.631. The SMILES string of the molecule is CCOC(=O)C(C)(O)C#Cc1cc(Br)cnc1N. The van der Waals surface area contributed by atoms with Gasteiger partial charge in [-0.05, 0) is 35.8 Å². The number of pyridine rings is 1. The lowest BCUT2D eigenvalue weighted by atomic mass is 10.1. The molecule has 0 aliphatic heterocycles. The van der Waals surface area contributed by atoms with E-state index in [9.17, 15) is 9.90 Å². The first kappa shape index (κ1) is 14.5. The number of hydrogen-bond acceptors (Lipinski definition) is 5. The van der Waals surface area contributed by atoms with Crippen LogP contribution in [-0.4, -0.2) is 28.3 Å². The second-order valence-electron chi connectivity index (χ2n) is 3.63. The van der Waals surface area contributed by atoms with Crippen molar-refractivity contribution in [3.05, 3.63) is 22.3 Å². The lowest BCUT2D eigenvalue weighted by molar-refractivity contribution is -0.157. The molecule has 96 valence electrons. The largest absolute Gasteiger partial charge is 0.463 e. The number of nitrogen functional groups attached to an aromatic ring is 1. The summed E-state index contributed by atoms with van der Waals surface area (Å²) in [5.41, 5.74) is 4.18. The van der Waals surface area contributed by atoms with Crippen molar-refractivity contribution >= 4 is 27.7 Å². The van der Waals surface area contributed by atoms with Gasteiger partial charge in [-0.25, -0.2) is 9.78 Å². The molecule has 1 atom stereocenters. The van der Waals surface area contributed by atoms with E-state index in [2.05, 4.69) is 32.8 Å². The van der Waals surface area contributed by atoms with Crippen LogP contribution in [0.2, 0.25) is 0 Å². The first-order valence-corrected chi connectivity index (χ1v) is 6.00. The lowest BCUT2D eigenvalue weighted by Gasteiger charge is -2.13. The highest BCUT2D eigenvalue weighted by Gasteiger charge is 2.29. The maximum atomic E-state index is 11.4. The van der Waals surface area contributed by atoms with Crippen LogP contribution in [0.1, 0.15) is 19.4 Å². The average molecular weight is 313 g/mol. The number of anilines is 1. The monoisotopic (exact) mass is 312 g/mol. The van der Waals surface area contributed by atoms with Crippen molar-refractivity contribution < 1.29 is 14.6 Å². The average Bonchev–Trinajstić information content (AvgIpc) is 2.31. The zero-order valence-electron chi connectivity index (χ0n) is 10.0. The number of nitrogens with zero attached hydrogens (tertiary/aromatic N) is 1. The molecule has 1 heterocycles. The van der Waals surface area contributed by atoms with Gasteiger partial charge in [0.05, 0.1) is 12.2 Å². The van der Waals surface area contributed by atoms with Gasteiger partial charge < -0.3 is 15.6 Å². The van der Waals surface area contributed by atoms with Gasteiger partial charge in [-0.3, -0.25) is 0 Å².